The molecule has 0 bridgehead atoms. The first-order chi connectivity index (χ1) is 8.32. The fourth-order valence-corrected chi connectivity index (χ4v) is 1.85. The molecule has 0 aliphatic heterocycles. The molecule has 0 aliphatic rings. The molecule has 1 aromatic rings. The molecule has 1 rings (SSSR count). The van der Waals surface area contributed by atoms with Crippen molar-refractivity contribution in [3.8, 4) is 0 Å². The Morgan fingerprint density at radius 2 is 2.17 bits per heavy atom. The van der Waals surface area contributed by atoms with Gasteiger partial charge in [-0.1, -0.05) is 22.0 Å². The molecule has 0 spiro atoms. The Morgan fingerprint density at radius 1 is 1.56 bits per heavy atom. The summed E-state index contributed by atoms with van der Waals surface area (Å²) >= 11 is 2.84. The molecule has 1 aromatic carbocycles. The molecule has 0 saturated heterocycles. The molecule has 18 heavy (non-hydrogen) atoms. The summed E-state index contributed by atoms with van der Waals surface area (Å²) in [6.45, 7) is 1.08. The number of esters is 1. The van der Waals surface area contributed by atoms with Gasteiger partial charge in [-0.3, -0.25) is 0 Å². The van der Waals surface area contributed by atoms with E-state index in [1.54, 1.807) is 0 Å². The van der Waals surface area contributed by atoms with E-state index >= 15 is 0 Å². The highest BCUT2D eigenvalue weighted by molar-refractivity contribution is 9.10. The minimum absolute atomic E-state index is 0.0565. The van der Waals surface area contributed by atoms with Gasteiger partial charge < -0.3 is 9.84 Å². The molecule has 0 saturated carbocycles. The minimum Gasteiger partial charge on any atom is -0.461 e. The summed E-state index contributed by atoms with van der Waals surface area (Å²) in [7, 11) is 0. The first kappa shape index (κ1) is 15.0. The van der Waals surface area contributed by atoms with Gasteiger partial charge in [-0.05, 0) is 19.1 Å². The van der Waals surface area contributed by atoms with Gasteiger partial charge in [0.2, 0.25) is 0 Å². The highest BCUT2D eigenvalue weighted by Gasteiger charge is 2.50. The predicted octanol–water partition coefficient (Wildman–Crippen LogP) is 2.82. The second kappa shape index (κ2) is 5.71. The third-order valence-electron chi connectivity index (χ3n) is 2.16. The first-order valence-corrected chi connectivity index (χ1v) is 5.78. The van der Waals surface area contributed by atoms with Crippen molar-refractivity contribution in [2.75, 3.05) is 6.61 Å². The van der Waals surface area contributed by atoms with Gasteiger partial charge in [-0.2, -0.15) is 8.78 Å². The van der Waals surface area contributed by atoms with E-state index < -0.39 is 29.4 Å². The van der Waals surface area contributed by atoms with Gasteiger partial charge in [0.05, 0.1) is 6.61 Å². The minimum atomic E-state index is -4.22. The maximum atomic E-state index is 13.5. The summed E-state index contributed by atoms with van der Waals surface area (Å²) in [5, 5.41) is 9.49. The van der Waals surface area contributed by atoms with Crippen molar-refractivity contribution in [3.05, 3.63) is 34.1 Å². The third kappa shape index (κ3) is 2.84. The second-order valence-electron chi connectivity index (χ2n) is 3.38. The number of alkyl halides is 2. The normalized spacial score (nSPS) is 13.2. The van der Waals surface area contributed by atoms with Crippen LogP contribution in [0.2, 0.25) is 0 Å². The lowest BCUT2D eigenvalue weighted by Crippen LogP contribution is -2.38. The number of carbonyl (C=O) groups is 1. The van der Waals surface area contributed by atoms with Crippen molar-refractivity contribution in [1.29, 1.82) is 0 Å². The van der Waals surface area contributed by atoms with Crippen molar-refractivity contribution < 1.29 is 27.8 Å². The number of hydrogen-bond acceptors (Lipinski definition) is 3. The lowest BCUT2D eigenvalue weighted by molar-refractivity contribution is -0.189. The molecule has 7 heteroatoms. The van der Waals surface area contributed by atoms with E-state index in [4.69, 9.17) is 0 Å². The van der Waals surface area contributed by atoms with E-state index in [2.05, 4.69) is 20.7 Å². The van der Waals surface area contributed by atoms with Crippen LogP contribution in [0, 0.1) is 5.82 Å². The number of benzene rings is 1. The van der Waals surface area contributed by atoms with E-state index in [1.165, 1.54) is 19.1 Å². The number of aliphatic hydroxyl groups excluding tert-OH is 1. The van der Waals surface area contributed by atoms with Crippen molar-refractivity contribution in [1.82, 2.24) is 0 Å². The zero-order chi connectivity index (χ0) is 13.9. The maximum Gasteiger partial charge on any atom is 0.380 e. The molecule has 0 aliphatic carbocycles. The standard InChI is InChI=1S/C11H10BrF3O3/c1-2-18-10(17)11(14,15)9(16)8-6(12)4-3-5-7(8)13/h3-5,9,16H,2H2,1H3. The Labute approximate surface area is 110 Å². The lowest BCUT2D eigenvalue weighted by atomic mass is 10.0. The SMILES string of the molecule is CCOC(=O)C(F)(F)C(O)c1c(F)cccc1Br. The van der Waals surface area contributed by atoms with Crippen LogP contribution in [0.1, 0.15) is 18.6 Å². The number of aliphatic hydroxyl groups is 1. The average Bonchev–Trinajstić information content (AvgIpc) is 2.28. The van der Waals surface area contributed by atoms with E-state index in [0.717, 1.165) is 6.07 Å². The molecule has 0 aromatic heterocycles. The molecular formula is C11H10BrF3O3. The highest BCUT2D eigenvalue weighted by atomic mass is 79.9. The number of carbonyl (C=O) groups excluding carboxylic acids is 1. The zero-order valence-corrected chi connectivity index (χ0v) is 10.9. The van der Waals surface area contributed by atoms with Crippen molar-refractivity contribution in [2.24, 2.45) is 0 Å². The summed E-state index contributed by atoms with van der Waals surface area (Å²) in [4.78, 5) is 11.0. The first-order valence-electron chi connectivity index (χ1n) is 4.99. The smallest absolute Gasteiger partial charge is 0.380 e. The summed E-state index contributed by atoms with van der Waals surface area (Å²) in [5.74, 6) is -7.16. The Balaban J connectivity index is 3.13. The topological polar surface area (TPSA) is 46.5 Å². The van der Waals surface area contributed by atoms with E-state index in [1.807, 2.05) is 0 Å². The van der Waals surface area contributed by atoms with Gasteiger partial charge in [0.1, 0.15) is 5.82 Å². The van der Waals surface area contributed by atoms with Gasteiger partial charge in [0.25, 0.3) is 0 Å². The Bertz CT molecular complexity index is 431. The number of ether oxygens (including phenoxy) is 1. The van der Waals surface area contributed by atoms with Crippen LogP contribution in [0.15, 0.2) is 22.7 Å². The molecule has 100 valence electrons. The van der Waals surface area contributed by atoms with Crippen molar-refractivity contribution in [3.63, 3.8) is 0 Å². The molecule has 1 N–H and O–H groups in total. The fourth-order valence-electron chi connectivity index (χ4n) is 1.29. The predicted molar refractivity (Wildman–Crippen MR) is 60.6 cm³/mol. The number of halogens is 4. The summed E-state index contributed by atoms with van der Waals surface area (Å²) in [5.41, 5.74) is -0.685. The Kier molecular flexibility index (Phi) is 4.75. The van der Waals surface area contributed by atoms with Crippen LogP contribution < -0.4 is 0 Å². The highest BCUT2D eigenvalue weighted by Crippen LogP contribution is 2.37. The Hall–Kier alpha value is -1.08. The van der Waals surface area contributed by atoms with Crippen molar-refractivity contribution >= 4 is 21.9 Å². The number of rotatable bonds is 4. The quantitative estimate of drug-likeness (QED) is 0.865. The number of hydrogen-bond donors (Lipinski definition) is 1. The van der Waals surface area contributed by atoms with Crippen LogP contribution in [-0.2, 0) is 9.53 Å². The van der Waals surface area contributed by atoms with E-state index in [0.29, 0.717) is 0 Å². The van der Waals surface area contributed by atoms with E-state index in [9.17, 15) is 23.1 Å². The molecule has 0 fully saturated rings. The van der Waals surface area contributed by atoms with Gasteiger partial charge in [0.15, 0.2) is 6.10 Å². The van der Waals surface area contributed by atoms with Gasteiger partial charge in [-0.15, -0.1) is 0 Å². The third-order valence-corrected chi connectivity index (χ3v) is 2.86. The average molecular weight is 327 g/mol. The molecule has 0 amide bonds. The molecule has 1 unspecified atom stereocenters. The largest absolute Gasteiger partial charge is 0.461 e. The van der Waals surface area contributed by atoms with Crippen LogP contribution in [0.3, 0.4) is 0 Å². The van der Waals surface area contributed by atoms with Crippen LogP contribution in [0.25, 0.3) is 0 Å². The van der Waals surface area contributed by atoms with Gasteiger partial charge >= 0.3 is 11.9 Å². The summed E-state index contributed by atoms with van der Waals surface area (Å²) in [6.07, 6.45) is -2.62. The monoisotopic (exact) mass is 326 g/mol. The van der Waals surface area contributed by atoms with Crippen LogP contribution >= 0.6 is 15.9 Å². The van der Waals surface area contributed by atoms with Gasteiger partial charge in [0, 0.05) is 10.0 Å². The molecule has 0 radical (unpaired) electrons. The van der Waals surface area contributed by atoms with Crippen molar-refractivity contribution in [2.45, 2.75) is 19.0 Å². The summed E-state index contributed by atoms with van der Waals surface area (Å²) < 4.78 is 44.6. The molecule has 0 heterocycles. The van der Waals surface area contributed by atoms with Crippen LogP contribution in [0.4, 0.5) is 13.2 Å². The summed E-state index contributed by atoms with van der Waals surface area (Å²) in [6, 6.07) is 3.46. The zero-order valence-electron chi connectivity index (χ0n) is 9.29. The second-order valence-corrected chi connectivity index (χ2v) is 4.24. The Morgan fingerprint density at radius 3 is 2.67 bits per heavy atom. The van der Waals surface area contributed by atoms with Gasteiger partial charge in [-0.25, -0.2) is 9.18 Å². The van der Waals surface area contributed by atoms with E-state index in [-0.39, 0.29) is 11.1 Å². The molecule has 1 atom stereocenters. The maximum absolute atomic E-state index is 13.5. The molecular weight excluding hydrogens is 317 g/mol. The lowest BCUT2D eigenvalue weighted by Gasteiger charge is -2.22. The molecule has 3 nitrogen and oxygen atoms in total. The van der Waals surface area contributed by atoms with Crippen LogP contribution in [0.5, 0.6) is 0 Å². The fraction of sp³-hybridized carbons (Fsp3) is 0.364. The van der Waals surface area contributed by atoms with Crippen LogP contribution in [-0.4, -0.2) is 23.6 Å².